The van der Waals surface area contributed by atoms with E-state index in [0.717, 1.165) is 13.2 Å². The zero-order chi connectivity index (χ0) is 15.0. The molecule has 13 heteroatoms. The van der Waals surface area contributed by atoms with Crippen LogP contribution in [0.4, 0.5) is 5.69 Å². The predicted molar refractivity (Wildman–Crippen MR) is 65.1 cm³/mol. The third-order valence-corrected chi connectivity index (χ3v) is 5.00. The molecule has 0 aliphatic carbocycles. The van der Waals surface area contributed by atoms with Gasteiger partial charge in [-0.2, -0.15) is 16.8 Å². The van der Waals surface area contributed by atoms with Gasteiger partial charge in [0.1, 0.15) is 10.6 Å². The van der Waals surface area contributed by atoms with Crippen LogP contribution in [0.25, 0.3) is 4.98 Å². The summed E-state index contributed by atoms with van der Waals surface area (Å²) in [5.41, 5.74) is -0.810. The van der Waals surface area contributed by atoms with Crippen molar-refractivity contribution in [2.75, 3.05) is 7.11 Å². The molecule has 0 aromatic heterocycles. The molecule has 0 heterocycles. The summed E-state index contributed by atoms with van der Waals surface area (Å²) in [4.78, 5) is 0.0799. The van der Waals surface area contributed by atoms with Crippen LogP contribution in [0.3, 0.4) is 0 Å². The summed E-state index contributed by atoms with van der Waals surface area (Å²) in [5.74, 6) is -0.229. The molecule has 0 saturated heterocycles. The van der Waals surface area contributed by atoms with Crippen LogP contribution in [0.15, 0.2) is 20.3 Å². The highest BCUT2D eigenvalue weighted by atomic mass is 79.9. The first-order valence-corrected chi connectivity index (χ1v) is 7.92. The fourth-order valence-corrected chi connectivity index (χ4v) is 4.50. The average Bonchev–Trinajstić information content (AvgIpc) is 2.25. The fourth-order valence-electron chi connectivity index (χ4n) is 1.28. The Bertz CT molecular complexity index is 784. The Morgan fingerprint density at radius 3 is 1.95 bits per heavy atom. The van der Waals surface area contributed by atoms with Crippen molar-refractivity contribution in [3.05, 3.63) is 15.5 Å². The van der Waals surface area contributed by atoms with Crippen LogP contribution in [0.2, 0.25) is 0 Å². The number of ether oxygens (including phenoxy) is 1. The van der Waals surface area contributed by atoms with Gasteiger partial charge in [-0.3, -0.25) is 9.11 Å². The van der Waals surface area contributed by atoms with E-state index in [1.165, 1.54) is 0 Å². The number of hydrogen-bond acceptors (Lipinski definition) is 6. The van der Waals surface area contributed by atoms with Crippen molar-refractivity contribution >= 4 is 41.9 Å². The first-order chi connectivity index (χ1) is 8.54. The molecular weight excluding hydrogens is 404 g/mol. The van der Waals surface area contributed by atoms with Crippen LogP contribution >= 0.6 is 15.9 Å². The van der Waals surface area contributed by atoms with Gasteiger partial charge in [0.15, 0.2) is 4.98 Å². The SMILES string of the molecule is COc1cc([N+]#N)c(S(=O)(=O)O)c(S(=O)(=O)O)c1Br.[Cl-]. The van der Waals surface area contributed by atoms with Gasteiger partial charge in [-0.15, -0.1) is 0 Å². The maximum atomic E-state index is 11.2. The Kier molecular flexibility index (Phi) is 5.90. The van der Waals surface area contributed by atoms with Crippen molar-refractivity contribution in [1.29, 1.82) is 5.39 Å². The Morgan fingerprint density at radius 1 is 1.20 bits per heavy atom. The molecule has 0 radical (unpaired) electrons. The molecule has 0 saturated carbocycles. The summed E-state index contributed by atoms with van der Waals surface area (Å²) < 4.78 is 67.1. The van der Waals surface area contributed by atoms with E-state index in [1.54, 1.807) is 0 Å². The van der Waals surface area contributed by atoms with Crippen LogP contribution in [0.5, 0.6) is 5.75 Å². The Morgan fingerprint density at radius 2 is 1.65 bits per heavy atom. The molecule has 0 atom stereocenters. The number of nitrogens with zero attached hydrogens (tertiary/aromatic N) is 2. The first kappa shape index (κ1) is 19.0. The van der Waals surface area contributed by atoms with E-state index in [0.29, 0.717) is 0 Å². The fraction of sp³-hybridized carbons (Fsp3) is 0.143. The van der Waals surface area contributed by atoms with E-state index in [-0.39, 0.29) is 18.2 Å². The van der Waals surface area contributed by atoms with Crippen LogP contribution < -0.4 is 17.1 Å². The minimum atomic E-state index is -5.09. The number of halogens is 2. The molecule has 0 fully saturated rings. The van der Waals surface area contributed by atoms with Crippen molar-refractivity contribution in [3.63, 3.8) is 0 Å². The summed E-state index contributed by atoms with van der Waals surface area (Å²) >= 11 is 2.72. The molecule has 0 aliphatic rings. The van der Waals surface area contributed by atoms with Gasteiger partial charge >= 0.3 is 15.8 Å². The lowest BCUT2D eigenvalue weighted by molar-refractivity contribution is -0.0000125. The number of hydrogen-bond donors (Lipinski definition) is 2. The quantitative estimate of drug-likeness (QED) is 0.450. The molecule has 0 spiro atoms. The second-order valence-electron chi connectivity index (χ2n) is 3.12. The zero-order valence-electron chi connectivity index (χ0n) is 9.48. The van der Waals surface area contributed by atoms with Gasteiger partial charge in [0.25, 0.3) is 10.1 Å². The van der Waals surface area contributed by atoms with E-state index in [9.17, 15) is 16.8 Å². The van der Waals surface area contributed by atoms with Crippen molar-refractivity contribution < 1.29 is 43.1 Å². The Balaban J connectivity index is 0.00000361. The summed E-state index contributed by atoms with van der Waals surface area (Å²) in [6, 6.07) is 0.849. The number of diazo groups is 1. The molecule has 0 unspecified atom stereocenters. The molecule has 2 N–H and O–H groups in total. The topological polar surface area (TPSA) is 146 Å². The smallest absolute Gasteiger partial charge is 0.411 e. The normalized spacial score (nSPS) is 11.3. The van der Waals surface area contributed by atoms with E-state index in [1.807, 2.05) is 0 Å². The summed E-state index contributed by atoms with van der Waals surface area (Å²) in [5, 5.41) is 8.68. The van der Waals surface area contributed by atoms with Gasteiger partial charge in [-0.05, 0) is 15.9 Å². The van der Waals surface area contributed by atoms with Crippen LogP contribution in [0.1, 0.15) is 0 Å². The monoisotopic (exact) mass is 408 g/mol. The minimum absolute atomic E-state index is 0. The Labute approximate surface area is 128 Å². The third-order valence-electron chi connectivity index (χ3n) is 1.97. The molecule has 0 aliphatic heterocycles. The molecular formula is C7H6BrClN2O7S2. The molecule has 0 bridgehead atoms. The summed E-state index contributed by atoms with van der Waals surface area (Å²) in [7, 11) is -9.01. The van der Waals surface area contributed by atoms with Crippen molar-refractivity contribution in [2.24, 2.45) is 0 Å². The molecule has 20 heavy (non-hydrogen) atoms. The minimum Gasteiger partial charge on any atom is -1.00 e. The lowest BCUT2D eigenvalue weighted by atomic mass is 10.3. The maximum absolute atomic E-state index is 11.2. The number of benzene rings is 1. The first-order valence-electron chi connectivity index (χ1n) is 4.24. The van der Waals surface area contributed by atoms with Gasteiger partial charge in [0.05, 0.1) is 17.6 Å². The highest BCUT2D eigenvalue weighted by Crippen LogP contribution is 2.42. The summed E-state index contributed by atoms with van der Waals surface area (Å²) in [6.45, 7) is 0. The molecule has 1 aromatic rings. The number of rotatable bonds is 3. The van der Waals surface area contributed by atoms with Crippen molar-refractivity contribution in [2.45, 2.75) is 9.79 Å². The van der Waals surface area contributed by atoms with Crippen LogP contribution in [0, 0.1) is 5.39 Å². The predicted octanol–water partition coefficient (Wildman–Crippen LogP) is -1.56. The largest absolute Gasteiger partial charge is 1.00 e. The second-order valence-corrected chi connectivity index (χ2v) is 6.63. The number of methoxy groups -OCH3 is 1. The third kappa shape index (κ3) is 3.57. The molecule has 112 valence electrons. The highest BCUT2D eigenvalue weighted by molar-refractivity contribution is 9.10. The van der Waals surface area contributed by atoms with E-state index >= 15 is 0 Å². The van der Waals surface area contributed by atoms with Crippen molar-refractivity contribution in [3.8, 4) is 5.75 Å². The van der Waals surface area contributed by atoms with Gasteiger partial charge in [-0.1, -0.05) is 0 Å². The Hall–Kier alpha value is -0.970. The average molecular weight is 410 g/mol. The van der Waals surface area contributed by atoms with E-state index in [4.69, 9.17) is 19.2 Å². The van der Waals surface area contributed by atoms with Gasteiger partial charge in [-0.25, -0.2) is 0 Å². The van der Waals surface area contributed by atoms with Gasteiger partial charge < -0.3 is 17.1 Å². The zero-order valence-corrected chi connectivity index (χ0v) is 13.5. The van der Waals surface area contributed by atoms with E-state index in [2.05, 4.69) is 20.9 Å². The van der Waals surface area contributed by atoms with Crippen LogP contribution in [-0.4, -0.2) is 33.1 Å². The molecule has 0 amide bonds. The van der Waals surface area contributed by atoms with Gasteiger partial charge in [0.2, 0.25) is 10.3 Å². The van der Waals surface area contributed by atoms with E-state index < -0.39 is 40.2 Å². The van der Waals surface area contributed by atoms with Gasteiger partial charge in [0, 0.05) is 0 Å². The second kappa shape index (κ2) is 6.20. The highest BCUT2D eigenvalue weighted by Gasteiger charge is 2.38. The standard InChI is InChI=1S/C7H5BrN2O7S2.ClH/c1-17-4-2-3(10-9)6(18(11,12)13)7(5(4)8)19(14,15)16;/h2H,1H3,(H-,11,12,13,14,15,16);1H. The summed E-state index contributed by atoms with van der Waals surface area (Å²) in [6.07, 6.45) is 0. The lowest BCUT2D eigenvalue weighted by Crippen LogP contribution is -3.00. The maximum Gasteiger partial charge on any atom is 0.411 e. The van der Waals surface area contributed by atoms with Crippen LogP contribution in [-0.2, 0) is 20.2 Å². The molecule has 9 nitrogen and oxygen atoms in total. The lowest BCUT2D eigenvalue weighted by Gasteiger charge is -2.08. The van der Waals surface area contributed by atoms with Crippen molar-refractivity contribution in [1.82, 2.24) is 0 Å². The molecule has 1 rings (SSSR count). The molecule has 1 aromatic carbocycles.